The first-order valence-electron chi connectivity index (χ1n) is 8.88. The lowest BCUT2D eigenvalue weighted by molar-refractivity contribution is -0.154. The van der Waals surface area contributed by atoms with Crippen LogP contribution in [0.3, 0.4) is 0 Å². The lowest BCUT2D eigenvalue weighted by atomic mass is 9.95. The van der Waals surface area contributed by atoms with Crippen LogP contribution in [0.4, 0.5) is 0 Å². The van der Waals surface area contributed by atoms with Gasteiger partial charge in [-0.15, -0.1) is 0 Å². The van der Waals surface area contributed by atoms with Gasteiger partial charge in [-0.25, -0.2) is 4.79 Å². The molecule has 1 fully saturated rings. The van der Waals surface area contributed by atoms with Crippen LogP contribution in [0.25, 0.3) is 0 Å². The Morgan fingerprint density at radius 2 is 1.96 bits per heavy atom. The number of piperidine rings is 1. The van der Waals surface area contributed by atoms with Crippen LogP contribution in [-0.2, 0) is 14.3 Å². The quantitative estimate of drug-likeness (QED) is 0.630. The number of likely N-dealkylation sites (tertiary alicyclic amines) is 1. The highest BCUT2D eigenvalue weighted by molar-refractivity contribution is 6.32. The van der Waals surface area contributed by atoms with Gasteiger partial charge < -0.3 is 14.8 Å². The fourth-order valence-corrected chi connectivity index (χ4v) is 3.18. The van der Waals surface area contributed by atoms with Crippen LogP contribution >= 0.6 is 0 Å². The summed E-state index contributed by atoms with van der Waals surface area (Å²) in [6.45, 7) is 6.38. The van der Waals surface area contributed by atoms with Crippen LogP contribution in [0.2, 0.25) is 0 Å². The summed E-state index contributed by atoms with van der Waals surface area (Å²) < 4.78 is 10.3. The fourth-order valence-electron chi connectivity index (χ4n) is 3.18. The molecule has 2 rings (SSSR count). The van der Waals surface area contributed by atoms with Crippen molar-refractivity contribution in [1.29, 1.82) is 0 Å². The zero-order valence-electron chi connectivity index (χ0n) is 15.3. The molecule has 0 spiro atoms. The molecule has 1 aliphatic rings. The van der Waals surface area contributed by atoms with Gasteiger partial charge in [0.25, 0.3) is 0 Å². The van der Waals surface area contributed by atoms with Gasteiger partial charge in [0.1, 0.15) is 5.75 Å². The molecule has 1 unspecified atom stereocenters. The van der Waals surface area contributed by atoms with Crippen molar-refractivity contribution in [2.45, 2.75) is 32.7 Å². The fraction of sp³-hybridized carbons (Fsp3) is 0.579. The first kappa shape index (κ1) is 19.2. The van der Waals surface area contributed by atoms with Crippen molar-refractivity contribution >= 4 is 11.9 Å². The third-order valence-electron chi connectivity index (χ3n) is 4.67. The number of nitrogens with zero attached hydrogens (tertiary/aromatic N) is 1. The highest BCUT2D eigenvalue weighted by Gasteiger charge is 2.28. The summed E-state index contributed by atoms with van der Waals surface area (Å²) in [5.41, 5.74) is 1.02. The van der Waals surface area contributed by atoms with Gasteiger partial charge in [0.05, 0.1) is 19.8 Å². The summed E-state index contributed by atoms with van der Waals surface area (Å²) in [5, 5.41) is 2.71. The lowest BCUT2D eigenvalue weighted by Gasteiger charge is -2.37. The van der Waals surface area contributed by atoms with E-state index in [-0.39, 0.29) is 12.6 Å². The van der Waals surface area contributed by atoms with Crippen LogP contribution in [0.15, 0.2) is 24.3 Å². The smallest absolute Gasteiger partial charge is 0.396 e. The number of methoxy groups -OCH3 is 1. The van der Waals surface area contributed by atoms with Crippen molar-refractivity contribution in [3.8, 4) is 5.75 Å². The summed E-state index contributed by atoms with van der Waals surface area (Å²) >= 11 is 0. The molecule has 138 valence electrons. The Balaban J connectivity index is 2.15. The number of hydrogen-bond donors (Lipinski definition) is 1. The molecule has 0 radical (unpaired) electrons. The molecule has 1 N–H and O–H groups in total. The normalized spacial score (nSPS) is 16.9. The van der Waals surface area contributed by atoms with E-state index in [1.165, 1.54) is 0 Å². The van der Waals surface area contributed by atoms with Gasteiger partial charge in [-0.1, -0.05) is 25.1 Å². The number of hydrogen-bond acceptors (Lipinski definition) is 5. The Hall–Kier alpha value is -2.08. The first-order valence-corrected chi connectivity index (χ1v) is 8.88. The number of esters is 1. The van der Waals surface area contributed by atoms with Crippen molar-refractivity contribution in [2.75, 3.05) is 33.4 Å². The van der Waals surface area contributed by atoms with Crippen LogP contribution in [0.5, 0.6) is 5.75 Å². The standard InChI is InChI=1S/C19H28N2O4/c1-4-25-19(23)18(22)20-13-16(21-11-9-14(2)10-12-21)15-7-5-6-8-17(15)24-3/h5-8,14,16H,4,9-13H2,1-3H3,(H,20,22). The lowest BCUT2D eigenvalue weighted by Crippen LogP contribution is -2.43. The van der Waals surface area contributed by atoms with E-state index in [2.05, 4.69) is 17.1 Å². The Bertz CT molecular complexity index is 583. The molecule has 1 amide bonds. The van der Waals surface area contributed by atoms with Gasteiger partial charge >= 0.3 is 11.9 Å². The van der Waals surface area contributed by atoms with E-state index in [0.29, 0.717) is 12.5 Å². The van der Waals surface area contributed by atoms with Crippen LogP contribution in [0, 0.1) is 5.92 Å². The molecule has 6 heteroatoms. The van der Waals surface area contributed by atoms with E-state index < -0.39 is 11.9 Å². The second-order valence-corrected chi connectivity index (χ2v) is 6.41. The van der Waals surface area contributed by atoms with Crippen molar-refractivity contribution < 1.29 is 19.1 Å². The van der Waals surface area contributed by atoms with Crippen LogP contribution < -0.4 is 10.1 Å². The highest BCUT2D eigenvalue weighted by Crippen LogP contribution is 2.31. The zero-order chi connectivity index (χ0) is 18.2. The zero-order valence-corrected chi connectivity index (χ0v) is 15.3. The van der Waals surface area contributed by atoms with Crippen molar-refractivity contribution in [3.05, 3.63) is 29.8 Å². The molecule has 1 atom stereocenters. The summed E-state index contributed by atoms with van der Waals surface area (Å²) in [6.07, 6.45) is 2.24. The van der Waals surface area contributed by atoms with Gasteiger partial charge in [-0.3, -0.25) is 9.69 Å². The van der Waals surface area contributed by atoms with Gasteiger partial charge in [-0.05, 0) is 44.8 Å². The number of nitrogens with one attached hydrogen (secondary N) is 1. The predicted molar refractivity (Wildman–Crippen MR) is 95.3 cm³/mol. The van der Waals surface area contributed by atoms with E-state index in [4.69, 9.17) is 9.47 Å². The Kier molecular flexibility index (Phi) is 7.25. The van der Waals surface area contributed by atoms with E-state index in [1.54, 1.807) is 14.0 Å². The third-order valence-corrected chi connectivity index (χ3v) is 4.67. The predicted octanol–water partition coefficient (Wildman–Crippen LogP) is 2.15. The molecule has 0 aliphatic carbocycles. The molecular weight excluding hydrogens is 320 g/mol. The van der Waals surface area contributed by atoms with Gasteiger partial charge in [0.2, 0.25) is 0 Å². The van der Waals surface area contributed by atoms with Crippen molar-refractivity contribution in [3.63, 3.8) is 0 Å². The largest absolute Gasteiger partial charge is 0.496 e. The summed E-state index contributed by atoms with van der Waals surface area (Å²) in [5.74, 6) is -0.0409. The Morgan fingerprint density at radius 3 is 2.60 bits per heavy atom. The maximum atomic E-state index is 11.9. The molecule has 1 aromatic rings. The minimum Gasteiger partial charge on any atom is -0.496 e. The topological polar surface area (TPSA) is 67.9 Å². The third kappa shape index (κ3) is 5.19. The number of rotatable bonds is 6. The van der Waals surface area contributed by atoms with Crippen LogP contribution in [0.1, 0.15) is 38.3 Å². The molecule has 0 saturated carbocycles. The number of benzene rings is 1. The SMILES string of the molecule is CCOC(=O)C(=O)NCC(c1ccccc1OC)N1CCC(C)CC1. The summed E-state index contributed by atoms with van der Waals surface area (Å²) in [6, 6.07) is 7.78. The highest BCUT2D eigenvalue weighted by atomic mass is 16.5. The molecule has 1 saturated heterocycles. The number of ether oxygens (including phenoxy) is 2. The average molecular weight is 348 g/mol. The van der Waals surface area contributed by atoms with E-state index >= 15 is 0 Å². The van der Waals surface area contributed by atoms with Gasteiger partial charge in [-0.2, -0.15) is 0 Å². The van der Waals surface area contributed by atoms with E-state index in [9.17, 15) is 9.59 Å². The minimum atomic E-state index is -0.839. The van der Waals surface area contributed by atoms with Crippen molar-refractivity contribution in [2.24, 2.45) is 5.92 Å². The molecular formula is C19H28N2O4. The second kappa shape index (κ2) is 9.42. The molecule has 6 nitrogen and oxygen atoms in total. The second-order valence-electron chi connectivity index (χ2n) is 6.41. The van der Waals surface area contributed by atoms with Gasteiger partial charge in [0, 0.05) is 12.1 Å². The monoisotopic (exact) mass is 348 g/mol. The molecule has 25 heavy (non-hydrogen) atoms. The molecule has 0 bridgehead atoms. The summed E-state index contributed by atoms with van der Waals surface area (Å²) in [4.78, 5) is 25.8. The average Bonchev–Trinajstić information content (AvgIpc) is 2.63. The molecule has 1 heterocycles. The maximum Gasteiger partial charge on any atom is 0.396 e. The Morgan fingerprint density at radius 1 is 1.28 bits per heavy atom. The first-order chi connectivity index (χ1) is 12.1. The summed E-state index contributed by atoms with van der Waals surface area (Å²) in [7, 11) is 1.64. The van der Waals surface area contributed by atoms with Crippen LogP contribution in [-0.4, -0.2) is 50.1 Å². The van der Waals surface area contributed by atoms with E-state index in [0.717, 1.165) is 37.2 Å². The van der Waals surface area contributed by atoms with Gasteiger partial charge in [0.15, 0.2) is 0 Å². The number of para-hydroxylation sites is 1. The minimum absolute atomic E-state index is 0.0398. The number of carbonyl (C=O) groups is 2. The molecule has 1 aromatic carbocycles. The number of amides is 1. The maximum absolute atomic E-state index is 11.9. The van der Waals surface area contributed by atoms with Crippen molar-refractivity contribution in [1.82, 2.24) is 10.2 Å². The van der Waals surface area contributed by atoms with E-state index in [1.807, 2.05) is 24.3 Å². The molecule has 0 aromatic heterocycles. The Labute approximate surface area is 149 Å². The number of carbonyl (C=O) groups excluding carboxylic acids is 2. The molecule has 1 aliphatic heterocycles.